The normalized spacial score (nSPS) is 15.6. The van der Waals surface area contributed by atoms with Gasteiger partial charge in [-0.3, -0.25) is 4.79 Å². The monoisotopic (exact) mass is 325 g/mol. The predicted octanol–water partition coefficient (Wildman–Crippen LogP) is 3.32. The number of rotatable bonds is 6. The van der Waals surface area contributed by atoms with Crippen LogP contribution in [0.2, 0.25) is 0 Å². The first-order valence-corrected chi connectivity index (χ1v) is 9.08. The summed E-state index contributed by atoms with van der Waals surface area (Å²) in [5, 5.41) is 0. The van der Waals surface area contributed by atoms with E-state index in [4.69, 9.17) is 0 Å². The van der Waals surface area contributed by atoms with E-state index in [1.165, 1.54) is 5.56 Å². The third-order valence-electron chi connectivity index (χ3n) is 5.01. The Balaban J connectivity index is 1.43. The summed E-state index contributed by atoms with van der Waals surface area (Å²) in [5.41, 5.74) is 1.24. The number of aryl methyl sites for hydroxylation is 2. The molecule has 1 aliphatic rings. The summed E-state index contributed by atoms with van der Waals surface area (Å²) in [6.07, 6.45) is 8.60. The zero-order chi connectivity index (χ0) is 16.8. The Morgan fingerprint density at radius 3 is 2.67 bits per heavy atom. The molecule has 0 unspecified atom stereocenters. The minimum atomic E-state index is 0.300. The molecule has 1 saturated heterocycles. The van der Waals surface area contributed by atoms with Gasteiger partial charge >= 0.3 is 0 Å². The SMILES string of the molecule is CCc1nccn1CC1CCN(C(=O)CCc2ccccc2)CC1. The van der Waals surface area contributed by atoms with Crippen LogP contribution in [0.3, 0.4) is 0 Å². The topological polar surface area (TPSA) is 38.1 Å². The van der Waals surface area contributed by atoms with Crippen molar-refractivity contribution in [1.29, 1.82) is 0 Å². The Labute approximate surface area is 144 Å². The zero-order valence-electron chi connectivity index (χ0n) is 14.5. The molecule has 1 aromatic carbocycles. The van der Waals surface area contributed by atoms with Crippen molar-refractivity contribution in [3.05, 3.63) is 54.1 Å². The van der Waals surface area contributed by atoms with Crippen molar-refractivity contribution < 1.29 is 4.79 Å². The number of likely N-dealkylation sites (tertiary alicyclic amines) is 1. The van der Waals surface area contributed by atoms with Crippen LogP contribution in [-0.2, 0) is 24.2 Å². The van der Waals surface area contributed by atoms with Crippen molar-refractivity contribution in [1.82, 2.24) is 14.5 Å². The fourth-order valence-corrected chi connectivity index (χ4v) is 3.52. The molecule has 4 nitrogen and oxygen atoms in total. The lowest BCUT2D eigenvalue weighted by atomic mass is 9.96. The van der Waals surface area contributed by atoms with E-state index >= 15 is 0 Å². The number of hydrogen-bond donors (Lipinski definition) is 0. The molecule has 0 spiro atoms. The fraction of sp³-hybridized carbons (Fsp3) is 0.500. The molecule has 0 saturated carbocycles. The number of piperidine rings is 1. The first-order chi connectivity index (χ1) is 11.8. The molecule has 3 rings (SSSR count). The van der Waals surface area contributed by atoms with E-state index in [1.807, 2.05) is 29.3 Å². The Bertz CT molecular complexity index is 642. The number of hydrogen-bond acceptors (Lipinski definition) is 2. The molecule has 2 aromatic rings. The molecule has 0 N–H and O–H groups in total. The van der Waals surface area contributed by atoms with Gasteiger partial charge < -0.3 is 9.47 Å². The van der Waals surface area contributed by atoms with E-state index in [1.54, 1.807) is 0 Å². The second-order valence-electron chi connectivity index (χ2n) is 6.66. The molecule has 4 heteroatoms. The maximum absolute atomic E-state index is 12.4. The minimum absolute atomic E-state index is 0.300. The van der Waals surface area contributed by atoms with Crippen LogP contribution in [0.1, 0.15) is 37.6 Å². The van der Waals surface area contributed by atoms with Gasteiger partial charge in [0.05, 0.1) is 0 Å². The summed E-state index contributed by atoms with van der Waals surface area (Å²) in [6, 6.07) is 10.3. The van der Waals surface area contributed by atoms with Gasteiger partial charge in [-0.25, -0.2) is 4.98 Å². The van der Waals surface area contributed by atoms with Gasteiger partial charge in [0, 0.05) is 44.9 Å². The lowest BCUT2D eigenvalue weighted by Crippen LogP contribution is -2.39. The predicted molar refractivity (Wildman–Crippen MR) is 95.7 cm³/mol. The van der Waals surface area contributed by atoms with Crippen molar-refractivity contribution in [2.75, 3.05) is 13.1 Å². The maximum Gasteiger partial charge on any atom is 0.222 e. The number of carbonyl (C=O) groups is 1. The standard InChI is InChI=1S/C20H27N3O/c1-2-19-21-12-15-23(19)16-18-10-13-22(14-11-18)20(24)9-8-17-6-4-3-5-7-17/h3-7,12,15,18H,2,8-11,13-14,16H2,1H3. The van der Waals surface area contributed by atoms with Gasteiger partial charge in [-0.1, -0.05) is 37.3 Å². The third-order valence-corrected chi connectivity index (χ3v) is 5.01. The third kappa shape index (κ3) is 4.25. The number of imidazole rings is 1. The van der Waals surface area contributed by atoms with E-state index in [9.17, 15) is 4.79 Å². The molecule has 1 aromatic heterocycles. The second-order valence-corrected chi connectivity index (χ2v) is 6.66. The van der Waals surface area contributed by atoms with Gasteiger partial charge in [-0.05, 0) is 30.7 Å². The smallest absolute Gasteiger partial charge is 0.222 e. The molecule has 1 fully saturated rings. The van der Waals surface area contributed by atoms with E-state index in [-0.39, 0.29) is 0 Å². The summed E-state index contributed by atoms with van der Waals surface area (Å²) >= 11 is 0. The van der Waals surface area contributed by atoms with Gasteiger partial charge in [0.1, 0.15) is 5.82 Å². The highest BCUT2D eigenvalue weighted by molar-refractivity contribution is 5.76. The molecule has 0 radical (unpaired) electrons. The van der Waals surface area contributed by atoms with Gasteiger partial charge in [0.15, 0.2) is 0 Å². The number of aromatic nitrogens is 2. The summed E-state index contributed by atoms with van der Waals surface area (Å²) in [7, 11) is 0. The summed E-state index contributed by atoms with van der Waals surface area (Å²) < 4.78 is 2.28. The van der Waals surface area contributed by atoms with Crippen molar-refractivity contribution in [3.63, 3.8) is 0 Å². The summed E-state index contributed by atoms with van der Waals surface area (Å²) in [6.45, 7) is 4.98. The van der Waals surface area contributed by atoms with Crippen LogP contribution in [0, 0.1) is 5.92 Å². The highest BCUT2D eigenvalue weighted by Gasteiger charge is 2.23. The average molecular weight is 325 g/mol. The number of amides is 1. The Morgan fingerprint density at radius 1 is 1.21 bits per heavy atom. The molecule has 1 aliphatic heterocycles. The maximum atomic E-state index is 12.4. The molecule has 1 amide bonds. The minimum Gasteiger partial charge on any atom is -0.343 e. The molecule has 128 valence electrons. The van der Waals surface area contributed by atoms with Gasteiger partial charge in [-0.15, -0.1) is 0 Å². The van der Waals surface area contributed by atoms with Gasteiger partial charge in [0.25, 0.3) is 0 Å². The highest BCUT2D eigenvalue weighted by Crippen LogP contribution is 2.21. The van der Waals surface area contributed by atoms with Crippen molar-refractivity contribution >= 4 is 5.91 Å². The number of nitrogens with zero attached hydrogens (tertiary/aromatic N) is 3. The van der Waals surface area contributed by atoms with Crippen molar-refractivity contribution in [2.24, 2.45) is 5.92 Å². The molecular weight excluding hydrogens is 298 g/mol. The molecule has 0 bridgehead atoms. The first-order valence-electron chi connectivity index (χ1n) is 9.08. The van der Waals surface area contributed by atoms with Crippen LogP contribution in [0.15, 0.2) is 42.7 Å². The molecule has 24 heavy (non-hydrogen) atoms. The van der Waals surface area contributed by atoms with Crippen molar-refractivity contribution in [2.45, 2.75) is 45.6 Å². The van der Waals surface area contributed by atoms with Crippen LogP contribution in [-0.4, -0.2) is 33.4 Å². The Hall–Kier alpha value is -2.10. The van der Waals surface area contributed by atoms with Crippen LogP contribution in [0.25, 0.3) is 0 Å². The van der Waals surface area contributed by atoms with E-state index < -0.39 is 0 Å². The van der Waals surface area contributed by atoms with Crippen molar-refractivity contribution in [3.8, 4) is 0 Å². The highest BCUT2D eigenvalue weighted by atomic mass is 16.2. The number of benzene rings is 1. The quantitative estimate of drug-likeness (QED) is 0.817. The van der Waals surface area contributed by atoms with E-state index in [2.05, 4.69) is 34.8 Å². The fourth-order valence-electron chi connectivity index (χ4n) is 3.52. The van der Waals surface area contributed by atoms with E-state index in [0.29, 0.717) is 18.2 Å². The Kier molecular flexibility index (Phi) is 5.68. The molecule has 0 aliphatic carbocycles. The lowest BCUT2D eigenvalue weighted by Gasteiger charge is -2.32. The van der Waals surface area contributed by atoms with Crippen LogP contribution in [0.4, 0.5) is 0 Å². The summed E-state index contributed by atoms with van der Waals surface area (Å²) in [4.78, 5) is 18.9. The van der Waals surface area contributed by atoms with Crippen LogP contribution >= 0.6 is 0 Å². The van der Waals surface area contributed by atoms with Crippen LogP contribution in [0.5, 0.6) is 0 Å². The van der Waals surface area contributed by atoms with E-state index in [0.717, 1.165) is 51.1 Å². The molecule has 2 heterocycles. The number of carbonyl (C=O) groups excluding carboxylic acids is 1. The van der Waals surface area contributed by atoms with Gasteiger partial charge in [-0.2, -0.15) is 0 Å². The second kappa shape index (κ2) is 8.13. The Morgan fingerprint density at radius 2 is 1.96 bits per heavy atom. The first kappa shape index (κ1) is 16.7. The zero-order valence-corrected chi connectivity index (χ0v) is 14.5. The lowest BCUT2D eigenvalue weighted by molar-refractivity contribution is -0.132. The largest absolute Gasteiger partial charge is 0.343 e. The van der Waals surface area contributed by atoms with Gasteiger partial charge in [0.2, 0.25) is 5.91 Å². The molecular formula is C20H27N3O. The summed E-state index contributed by atoms with van der Waals surface area (Å²) in [5.74, 6) is 2.12. The van der Waals surface area contributed by atoms with Crippen LogP contribution < -0.4 is 0 Å². The molecule has 0 atom stereocenters. The average Bonchev–Trinajstić information content (AvgIpc) is 3.08.